The van der Waals surface area contributed by atoms with Crippen LogP contribution in [0.25, 0.3) is 22.4 Å². The average molecular weight is 495 g/mol. The molecule has 0 saturated carbocycles. The number of piperidine rings is 1. The quantitative estimate of drug-likeness (QED) is 0.422. The van der Waals surface area contributed by atoms with Gasteiger partial charge in [0.25, 0.3) is 11.6 Å². The van der Waals surface area contributed by atoms with Crippen LogP contribution in [0, 0.1) is 20.8 Å². The molecule has 10 heteroatoms. The Morgan fingerprint density at radius 2 is 1.80 bits per heavy atom. The largest absolute Gasteiger partial charge is 0.466 e. The minimum absolute atomic E-state index is 0.0733. The average Bonchev–Trinajstić information content (AvgIpc) is 3.40. The van der Waals surface area contributed by atoms with Crippen molar-refractivity contribution in [1.29, 1.82) is 0 Å². The molecule has 3 aromatic heterocycles. The summed E-state index contributed by atoms with van der Waals surface area (Å²) >= 11 is 0. The summed E-state index contributed by atoms with van der Waals surface area (Å²) in [6.45, 7) is 6.33. The van der Waals surface area contributed by atoms with Gasteiger partial charge in [0.05, 0.1) is 28.0 Å². The van der Waals surface area contributed by atoms with Gasteiger partial charge in [0.15, 0.2) is 0 Å². The molecular weight excluding hydrogens is 468 g/mol. The molecule has 4 aromatic rings. The molecule has 182 valence electrons. The summed E-state index contributed by atoms with van der Waals surface area (Å²) in [5, 5.41) is 7.27. The van der Waals surface area contributed by atoms with Crippen LogP contribution in [0.1, 0.15) is 46.8 Å². The Kier molecular flexibility index (Phi) is 5.94. The molecule has 1 fully saturated rings. The number of amides is 1. The van der Waals surface area contributed by atoms with Crippen molar-refractivity contribution in [3.8, 4) is 11.3 Å². The lowest BCUT2D eigenvalue weighted by atomic mass is 10.1. The lowest BCUT2D eigenvalue weighted by molar-refractivity contribution is 0.102. The van der Waals surface area contributed by atoms with Crippen molar-refractivity contribution >= 4 is 32.7 Å². The summed E-state index contributed by atoms with van der Waals surface area (Å²) in [5.74, 6) is 0.898. The number of furan rings is 1. The van der Waals surface area contributed by atoms with Gasteiger partial charge in [-0.05, 0) is 57.9 Å². The Hall–Kier alpha value is -3.50. The molecule has 1 N–H and O–H groups in total. The molecule has 5 rings (SSSR count). The lowest BCUT2D eigenvalue weighted by Gasteiger charge is -2.26. The highest BCUT2D eigenvalue weighted by Crippen LogP contribution is 2.32. The van der Waals surface area contributed by atoms with Crippen molar-refractivity contribution in [3.05, 3.63) is 59.2 Å². The third-order valence-corrected chi connectivity index (χ3v) is 8.20. The lowest BCUT2D eigenvalue weighted by Crippen LogP contribution is -2.36. The molecule has 1 saturated heterocycles. The number of anilines is 1. The number of carbonyl (C=O) groups is 1. The number of hydrogen-bond donors (Lipinski definition) is 1. The summed E-state index contributed by atoms with van der Waals surface area (Å²) in [4.78, 5) is 18.2. The molecule has 9 nitrogen and oxygen atoms in total. The SMILES string of the molecule is Cc1cc(-c2cc(C(=O)Nc3ccccc3S(=O)(=O)N3CCCCC3)c3c(C)noc3n2)c(C)o1. The van der Waals surface area contributed by atoms with E-state index >= 15 is 0 Å². The normalized spacial score (nSPS) is 14.9. The summed E-state index contributed by atoms with van der Waals surface area (Å²) < 4.78 is 39.2. The van der Waals surface area contributed by atoms with E-state index in [1.165, 1.54) is 10.4 Å². The summed E-state index contributed by atoms with van der Waals surface area (Å²) in [7, 11) is -3.75. The first-order chi connectivity index (χ1) is 16.8. The summed E-state index contributed by atoms with van der Waals surface area (Å²) in [6.07, 6.45) is 2.66. The Balaban J connectivity index is 1.56. The van der Waals surface area contributed by atoms with Gasteiger partial charge >= 0.3 is 0 Å². The van der Waals surface area contributed by atoms with E-state index in [0.29, 0.717) is 35.6 Å². The number of nitrogens with one attached hydrogen (secondary N) is 1. The molecule has 0 atom stereocenters. The maximum atomic E-state index is 13.6. The number of rotatable bonds is 5. The van der Waals surface area contributed by atoms with Crippen LogP contribution in [0.3, 0.4) is 0 Å². The van der Waals surface area contributed by atoms with Gasteiger partial charge in [-0.2, -0.15) is 4.31 Å². The number of sulfonamides is 1. The molecule has 0 spiro atoms. The number of aromatic nitrogens is 2. The standard InChI is InChI=1S/C25H26N4O5S/c1-15-13-18(17(3)33-15)21-14-19(23-16(2)28-34-25(23)27-21)24(30)26-20-9-5-6-10-22(20)35(31,32)29-11-7-4-8-12-29/h5-6,9-10,13-14H,4,7-8,11-12H2,1-3H3,(H,26,30). The summed E-state index contributed by atoms with van der Waals surface area (Å²) in [5.41, 5.74) is 2.48. The topological polar surface area (TPSA) is 119 Å². The van der Waals surface area contributed by atoms with Crippen molar-refractivity contribution in [3.63, 3.8) is 0 Å². The predicted molar refractivity (Wildman–Crippen MR) is 131 cm³/mol. The Morgan fingerprint density at radius 1 is 1.06 bits per heavy atom. The van der Waals surface area contributed by atoms with Crippen LogP contribution >= 0.6 is 0 Å². The molecule has 1 amide bonds. The zero-order chi connectivity index (χ0) is 24.7. The van der Waals surface area contributed by atoms with E-state index in [-0.39, 0.29) is 21.9 Å². The highest BCUT2D eigenvalue weighted by molar-refractivity contribution is 7.89. The van der Waals surface area contributed by atoms with E-state index in [1.54, 1.807) is 31.2 Å². The van der Waals surface area contributed by atoms with Crippen molar-refractivity contribution in [2.75, 3.05) is 18.4 Å². The van der Waals surface area contributed by atoms with Gasteiger partial charge in [0.2, 0.25) is 10.0 Å². The minimum Gasteiger partial charge on any atom is -0.466 e. The van der Waals surface area contributed by atoms with Crippen LogP contribution in [0.15, 0.2) is 50.2 Å². The third kappa shape index (κ3) is 4.23. The molecule has 35 heavy (non-hydrogen) atoms. The van der Waals surface area contributed by atoms with Gasteiger partial charge in [-0.15, -0.1) is 0 Å². The fraction of sp³-hybridized carbons (Fsp3) is 0.320. The smallest absolute Gasteiger partial charge is 0.259 e. The number of benzene rings is 1. The van der Waals surface area contributed by atoms with Gasteiger partial charge in [0.1, 0.15) is 16.4 Å². The van der Waals surface area contributed by atoms with Crippen molar-refractivity contribution in [2.24, 2.45) is 0 Å². The zero-order valence-electron chi connectivity index (χ0n) is 19.8. The van der Waals surface area contributed by atoms with Gasteiger partial charge in [-0.3, -0.25) is 4.79 Å². The van der Waals surface area contributed by atoms with Gasteiger partial charge in [-0.25, -0.2) is 13.4 Å². The Labute approximate surface area is 203 Å². The fourth-order valence-corrected chi connectivity index (χ4v) is 6.19. The number of hydrogen-bond acceptors (Lipinski definition) is 7. The number of fused-ring (bicyclic) bond motifs is 1. The van der Waals surface area contributed by atoms with E-state index in [9.17, 15) is 13.2 Å². The number of aryl methyl sites for hydroxylation is 3. The van der Waals surface area contributed by atoms with Crippen LogP contribution in [-0.2, 0) is 10.0 Å². The van der Waals surface area contributed by atoms with Crippen LogP contribution in [0.2, 0.25) is 0 Å². The van der Waals surface area contributed by atoms with Gasteiger partial charge < -0.3 is 14.3 Å². The van der Waals surface area contributed by atoms with Crippen LogP contribution in [0.5, 0.6) is 0 Å². The van der Waals surface area contributed by atoms with Crippen LogP contribution in [-0.4, -0.2) is 41.9 Å². The van der Waals surface area contributed by atoms with Crippen molar-refractivity contribution in [1.82, 2.24) is 14.4 Å². The van der Waals surface area contributed by atoms with E-state index in [0.717, 1.165) is 30.6 Å². The maximum Gasteiger partial charge on any atom is 0.259 e. The highest BCUT2D eigenvalue weighted by Gasteiger charge is 2.29. The van der Waals surface area contributed by atoms with Crippen LogP contribution < -0.4 is 5.32 Å². The molecule has 0 radical (unpaired) electrons. The number of pyridine rings is 1. The van der Waals surface area contributed by atoms with E-state index in [1.807, 2.05) is 19.9 Å². The van der Waals surface area contributed by atoms with E-state index in [2.05, 4.69) is 15.5 Å². The minimum atomic E-state index is -3.75. The molecular formula is C25H26N4O5S. The molecule has 4 heterocycles. The monoisotopic (exact) mass is 494 g/mol. The van der Waals surface area contributed by atoms with E-state index in [4.69, 9.17) is 8.94 Å². The van der Waals surface area contributed by atoms with Crippen molar-refractivity contribution in [2.45, 2.75) is 44.9 Å². The Morgan fingerprint density at radius 3 is 2.51 bits per heavy atom. The number of carbonyl (C=O) groups excluding carboxylic acids is 1. The maximum absolute atomic E-state index is 13.6. The molecule has 0 unspecified atom stereocenters. The molecule has 1 aromatic carbocycles. The predicted octanol–water partition coefficient (Wildman–Crippen LogP) is 4.83. The second kappa shape index (κ2) is 8.94. The highest BCUT2D eigenvalue weighted by atomic mass is 32.2. The zero-order valence-corrected chi connectivity index (χ0v) is 20.6. The van der Waals surface area contributed by atoms with Gasteiger partial charge in [-0.1, -0.05) is 23.7 Å². The fourth-order valence-electron chi connectivity index (χ4n) is 4.53. The second-order valence-electron chi connectivity index (χ2n) is 8.75. The molecule has 1 aliphatic rings. The first kappa shape index (κ1) is 23.3. The summed E-state index contributed by atoms with van der Waals surface area (Å²) in [6, 6.07) is 9.97. The number of para-hydroxylation sites is 1. The second-order valence-corrected chi connectivity index (χ2v) is 10.7. The van der Waals surface area contributed by atoms with Crippen LogP contribution in [0.4, 0.5) is 5.69 Å². The molecule has 1 aliphatic heterocycles. The number of nitrogens with zero attached hydrogens (tertiary/aromatic N) is 3. The van der Waals surface area contributed by atoms with Gasteiger partial charge in [0, 0.05) is 18.7 Å². The molecule has 0 aliphatic carbocycles. The third-order valence-electron chi connectivity index (χ3n) is 6.25. The van der Waals surface area contributed by atoms with E-state index < -0.39 is 15.9 Å². The molecule has 0 bridgehead atoms. The van der Waals surface area contributed by atoms with Crippen molar-refractivity contribution < 1.29 is 22.2 Å². The first-order valence-electron chi connectivity index (χ1n) is 11.5. The Bertz CT molecular complexity index is 1530. The first-order valence-corrected chi connectivity index (χ1v) is 12.9.